The second-order valence-electron chi connectivity index (χ2n) is 2.12. The van der Waals surface area contributed by atoms with Crippen molar-refractivity contribution in [2.24, 2.45) is 4.99 Å². The summed E-state index contributed by atoms with van der Waals surface area (Å²) < 4.78 is 0. The van der Waals surface area contributed by atoms with Crippen molar-refractivity contribution in [1.29, 1.82) is 0 Å². The third-order valence-electron chi connectivity index (χ3n) is 1.15. The first kappa shape index (κ1) is 6.20. The predicted octanol–water partition coefficient (Wildman–Crippen LogP) is 1.32. The summed E-state index contributed by atoms with van der Waals surface area (Å²) in [6.07, 6.45) is 5.18. The second kappa shape index (κ2) is 2.58. The fourth-order valence-electron chi connectivity index (χ4n) is 0.784. The minimum absolute atomic E-state index is 0.181. The van der Waals surface area contributed by atoms with Crippen molar-refractivity contribution in [3.8, 4) is 0 Å². The van der Waals surface area contributed by atoms with Crippen LogP contribution >= 0.6 is 0 Å². The van der Waals surface area contributed by atoms with Crippen molar-refractivity contribution >= 4 is 12.0 Å². The number of carbonyl (C=O) groups excluding carboxylic acids is 1. The lowest BCUT2D eigenvalue weighted by atomic mass is 10.2. The Hall–Kier alpha value is -0.920. The lowest BCUT2D eigenvalue weighted by Crippen LogP contribution is -1.89. The molecular formula is C7H9NO. The summed E-state index contributed by atoms with van der Waals surface area (Å²) in [6, 6.07) is 0. The van der Waals surface area contributed by atoms with Crippen molar-refractivity contribution in [2.45, 2.75) is 19.8 Å². The van der Waals surface area contributed by atoms with Crippen LogP contribution in [-0.4, -0.2) is 12.0 Å². The molecule has 1 heterocycles. The molecule has 0 saturated carbocycles. The molecule has 9 heavy (non-hydrogen) atoms. The molecular weight excluding hydrogens is 114 g/mol. The average Bonchev–Trinajstić information content (AvgIpc) is 2.15. The number of aliphatic imine (C=N–C) groups is 1. The van der Waals surface area contributed by atoms with Gasteiger partial charge in [0.2, 0.25) is 0 Å². The topological polar surface area (TPSA) is 29.4 Å². The van der Waals surface area contributed by atoms with Crippen LogP contribution in [0.3, 0.4) is 0 Å². The summed E-state index contributed by atoms with van der Waals surface area (Å²) in [5.41, 5.74) is 0.919. The zero-order valence-electron chi connectivity index (χ0n) is 5.42. The van der Waals surface area contributed by atoms with E-state index < -0.39 is 0 Å². The molecule has 0 aromatic carbocycles. The molecule has 0 saturated heterocycles. The van der Waals surface area contributed by atoms with Gasteiger partial charge in [-0.15, -0.1) is 0 Å². The summed E-state index contributed by atoms with van der Waals surface area (Å²) in [6.45, 7) is 1.58. The zero-order valence-corrected chi connectivity index (χ0v) is 5.42. The van der Waals surface area contributed by atoms with Gasteiger partial charge >= 0.3 is 0 Å². The van der Waals surface area contributed by atoms with Gasteiger partial charge < -0.3 is 0 Å². The van der Waals surface area contributed by atoms with Crippen LogP contribution in [0.4, 0.5) is 0 Å². The molecule has 0 aromatic heterocycles. The molecule has 1 aliphatic heterocycles. The van der Waals surface area contributed by atoms with Gasteiger partial charge in [-0.3, -0.25) is 9.79 Å². The molecule has 0 radical (unpaired) electrons. The Morgan fingerprint density at radius 1 is 1.89 bits per heavy atom. The van der Waals surface area contributed by atoms with E-state index in [2.05, 4.69) is 4.99 Å². The van der Waals surface area contributed by atoms with E-state index in [-0.39, 0.29) is 5.78 Å². The Labute approximate surface area is 54.3 Å². The average molecular weight is 123 g/mol. The number of Topliss-reactive ketones (excluding diaryl/α,β-unsaturated/α-hetero) is 1. The normalized spacial score (nSPS) is 15.9. The van der Waals surface area contributed by atoms with E-state index in [0.717, 1.165) is 12.1 Å². The fourth-order valence-corrected chi connectivity index (χ4v) is 0.784. The van der Waals surface area contributed by atoms with Crippen LogP contribution in [0.15, 0.2) is 16.8 Å². The minimum Gasteiger partial charge on any atom is -0.300 e. The first-order valence-corrected chi connectivity index (χ1v) is 3.00. The van der Waals surface area contributed by atoms with Crippen LogP contribution in [0.2, 0.25) is 0 Å². The number of hydrogen-bond acceptors (Lipinski definition) is 2. The lowest BCUT2D eigenvalue weighted by Gasteiger charge is -1.89. The lowest BCUT2D eigenvalue weighted by molar-refractivity contribution is -0.116. The SMILES string of the molecule is CC(=O)CC1=CCC=N1. The number of nitrogens with zero attached hydrogens (tertiary/aromatic N) is 1. The number of allylic oxidation sites excluding steroid dienone is 2. The Morgan fingerprint density at radius 3 is 3.11 bits per heavy atom. The maximum absolute atomic E-state index is 10.5. The Kier molecular flexibility index (Phi) is 1.78. The number of ketones is 1. The molecule has 0 spiro atoms. The summed E-state index contributed by atoms with van der Waals surface area (Å²) >= 11 is 0. The van der Waals surface area contributed by atoms with Gasteiger partial charge in [-0.1, -0.05) is 6.08 Å². The highest BCUT2D eigenvalue weighted by molar-refractivity contribution is 5.79. The van der Waals surface area contributed by atoms with Crippen molar-refractivity contribution in [3.63, 3.8) is 0 Å². The second-order valence-corrected chi connectivity index (χ2v) is 2.12. The number of carbonyl (C=O) groups is 1. The quantitative estimate of drug-likeness (QED) is 0.544. The monoisotopic (exact) mass is 123 g/mol. The van der Waals surface area contributed by atoms with E-state index in [0.29, 0.717) is 6.42 Å². The van der Waals surface area contributed by atoms with Gasteiger partial charge in [0.25, 0.3) is 0 Å². The largest absolute Gasteiger partial charge is 0.300 e. The molecule has 0 atom stereocenters. The highest BCUT2D eigenvalue weighted by Crippen LogP contribution is 2.09. The smallest absolute Gasteiger partial charge is 0.135 e. The zero-order chi connectivity index (χ0) is 6.69. The molecule has 0 bridgehead atoms. The van der Waals surface area contributed by atoms with E-state index in [1.807, 2.05) is 12.3 Å². The summed E-state index contributed by atoms with van der Waals surface area (Å²) in [5.74, 6) is 0.181. The van der Waals surface area contributed by atoms with Crippen LogP contribution in [0, 0.1) is 0 Å². The Morgan fingerprint density at radius 2 is 2.67 bits per heavy atom. The van der Waals surface area contributed by atoms with Crippen LogP contribution in [-0.2, 0) is 4.79 Å². The molecule has 48 valence electrons. The summed E-state index contributed by atoms with van der Waals surface area (Å²) in [4.78, 5) is 14.5. The fraction of sp³-hybridized carbons (Fsp3) is 0.429. The minimum atomic E-state index is 0.181. The van der Waals surface area contributed by atoms with Gasteiger partial charge in [-0.25, -0.2) is 0 Å². The third-order valence-corrected chi connectivity index (χ3v) is 1.15. The van der Waals surface area contributed by atoms with Crippen molar-refractivity contribution in [1.82, 2.24) is 0 Å². The summed E-state index contributed by atoms with van der Waals surface area (Å²) in [7, 11) is 0. The van der Waals surface area contributed by atoms with Crippen LogP contribution in [0.5, 0.6) is 0 Å². The van der Waals surface area contributed by atoms with Crippen LogP contribution < -0.4 is 0 Å². The van der Waals surface area contributed by atoms with Gasteiger partial charge in [-0.2, -0.15) is 0 Å². The molecule has 0 amide bonds. The molecule has 1 rings (SSSR count). The number of hydrogen-bond donors (Lipinski definition) is 0. The molecule has 0 aliphatic carbocycles. The molecule has 0 N–H and O–H groups in total. The molecule has 1 aliphatic rings. The standard InChI is InChI=1S/C7H9NO/c1-6(9)5-7-3-2-4-8-7/h3-4H,2,5H2,1H3. The first-order chi connectivity index (χ1) is 4.29. The Bertz CT molecular complexity index is 179. The van der Waals surface area contributed by atoms with E-state index in [9.17, 15) is 4.79 Å². The first-order valence-electron chi connectivity index (χ1n) is 3.00. The molecule has 2 heteroatoms. The summed E-state index contributed by atoms with van der Waals surface area (Å²) in [5, 5.41) is 0. The maximum atomic E-state index is 10.5. The van der Waals surface area contributed by atoms with Gasteiger partial charge in [0.15, 0.2) is 0 Å². The Balaban J connectivity index is 2.45. The molecule has 0 aromatic rings. The van der Waals surface area contributed by atoms with E-state index in [1.54, 1.807) is 6.92 Å². The van der Waals surface area contributed by atoms with E-state index in [1.165, 1.54) is 0 Å². The van der Waals surface area contributed by atoms with Gasteiger partial charge in [0.1, 0.15) is 5.78 Å². The van der Waals surface area contributed by atoms with E-state index in [4.69, 9.17) is 0 Å². The van der Waals surface area contributed by atoms with Crippen LogP contribution in [0.1, 0.15) is 19.8 Å². The van der Waals surface area contributed by atoms with Crippen LogP contribution in [0.25, 0.3) is 0 Å². The highest BCUT2D eigenvalue weighted by atomic mass is 16.1. The van der Waals surface area contributed by atoms with Crippen molar-refractivity contribution < 1.29 is 4.79 Å². The van der Waals surface area contributed by atoms with Crippen molar-refractivity contribution in [3.05, 3.63) is 11.8 Å². The highest BCUT2D eigenvalue weighted by Gasteiger charge is 2.00. The van der Waals surface area contributed by atoms with Gasteiger partial charge in [-0.05, 0) is 6.92 Å². The molecule has 2 nitrogen and oxygen atoms in total. The predicted molar refractivity (Wildman–Crippen MR) is 36.5 cm³/mol. The van der Waals surface area contributed by atoms with Gasteiger partial charge in [0, 0.05) is 24.8 Å². The van der Waals surface area contributed by atoms with Crippen molar-refractivity contribution in [2.75, 3.05) is 0 Å². The number of rotatable bonds is 2. The molecule has 0 fully saturated rings. The molecule has 0 unspecified atom stereocenters. The van der Waals surface area contributed by atoms with Gasteiger partial charge in [0.05, 0.1) is 0 Å². The third kappa shape index (κ3) is 1.80. The van der Waals surface area contributed by atoms with E-state index >= 15 is 0 Å². The maximum Gasteiger partial charge on any atom is 0.135 e.